The van der Waals surface area contributed by atoms with Crippen molar-refractivity contribution in [2.45, 2.75) is 120 Å². The van der Waals surface area contributed by atoms with Crippen LogP contribution in [0.1, 0.15) is 85.5 Å². The fourth-order valence-corrected chi connectivity index (χ4v) is 8.63. The van der Waals surface area contributed by atoms with Gasteiger partial charge in [-0.1, -0.05) is 48.5 Å². The van der Waals surface area contributed by atoms with E-state index < -0.39 is 73.8 Å². The summed E-state index contributed by atoms with van der Waals surface area (Å²) < 4.78 is 40.0. The Labute approximate surface area is 290 Å². The maximum absolute atomic E-state index is 14.3. The topological polar surface area (TPSA) is 173 Å². The van der Waals surface area contributed by atoms with Gasteiger partial charge in [0, 0.05) is 12.3 Å². The SMILES string of the molecule is CC(C)(C)OC(=O)N[C@H]1CCCCC/C=C\[C@H]2C[C@@]2(C(=O)NS(=O)(=O)C2(C)CC2)NC(=O)[C@@H]2C[C@@H](Oc3nc4ccccc4s3)CN2C1=O. The molecule has 2 aliphatic heterocycles. The molecule has 3 N–H and O–H groups in total. The molecule has 15 heteroatoms. The van der Waals surface area contributed by atoms with E-state index in [-0.39, 0.29) is 19.4 Å². The summed E-state index contributed by atoms with van der Waals surface area (Å²) in [5.74, 6) is -2.26. The van der Waals surface area contributed by atoms with E-state index in [2.05, 4.69) is 20.3 Å². The van der Waals surface area contributed by atoms with Crippen LogP contribution >= 0.6 is 11.3 Å². The molecule has 266 valence electrons. The number of fused-ring (bicyclic) bond motifs is 3. The number of allylic oxidation sites excluding steroid dienone is 1. The number of sulfonamides is 1. The summed E-state index contributed by atoms with van der Waals surface area (Å²) in [6, 6.07) is 5.55. The van der Waals surface area contributed by atoms with E-state index in [1.54, 1.807) is 27.7 Å². The molecule has 0 unspecified atom stereocenters. The van der Waals surface area contributed by atoms with Crippen LogP contribution in [0.25, 0.3) is 10.2 Å². The normalized spacial score (nSPS) is 29.3. The molecule has 3 fully saturated rings. The summed E-state index contributed by atoms with van der Waals surface area (Å²) in [7, 11) is -3.96. The van der Waals surface area contributed by atoms with E-state index >= 15 is 0 Å². The molecule has 2 aliphatic carbocycles. The van der Waals surface area contributed by atoms with Crippen molar-refractivity contribution >= 4 is 55.4 Å². The summed E-state index contributed by atoms with van der Waals surface area (Å²) in [4.78, 5) is 61.1. The molecule has 1 aromatic heterocycles. The molecule has 2 saturated carbocycles. The molecule has 4 aliphatic rings. The average molecular weight is 716 g/mol. The van der Waals surface area contributed by atoms with Gasteiger partial charge in [-0.15, -0.1) is 0 Å². The zero-order valence-electron chi connectivity index (χ0n) is 28.3. The fraction of sp³-hybridized carbons (Fsp3) is 0.618. The Hall–Kier alpha value is -3.72. The van der Waals surface area contributed by atoms with Crippen molar-refractivity contribution in [2.75, 3.05) is 6.54 Å². The Balaban J connectivity index is 1.29. The second kappa shape index (κ2) is 13.2. The number of nitrogens with one attached hydrogen (secondary N) is 3. The number of para-hydroxylation sites is 1. The molecule has 5 atom stereocenters. The molecule has 0 spiro atoms. The van der Waals surface area contributed by atoms with E-state index in [9.17, 15) is 27.6 Å². The van der Waals surface area contributed by atoms with Crippen LogP contribution < -0.4 is 20.1 Å². The van der Waals surface area contributed by atoms with E-state index in [4.69, 9.17) is 9.47 Å². The predicted octanol–water partition coefficient (Wildman–Crippen LogP) is 3.93. The number of amides is 4. The summed E-state index contributed by atoms with van der Waals surface area (Å²) >= 11 is 1.35. The van der Waals surface area contributed by atoms with Crippen LogP contribution in [-0.4, -0.2) is 82.7 Å². The largest absolute Gasteiger partial charge is 0.465 e. The van der Waals surface area contributed by atoms with Crippen molar-refractivity contribution in [2.24, 2.45) is 5.92 Å². The van der Waals surface area contributed by atoms with Crippen molar-refractivity contribution in [1.82, 2.24) is 25.2 Å². The number of carbonyl (C=O) groups excluding carboxylic acids is 4. The van der Waals surface area contributed by atoms with E-state index in [0.29, 0.717) is 37.3 Å². The first kappa shape index (κ1) is 35.1. The van der Waals surface area contributed by atoms with Gasteiger partial charge in [0.2, 0.25) is 21.8 Å². The lowest BCUT2D eigenvalue weighted by molar-refractivity contribution is -0.141. The van der Waals surface area contributed by atoms with Gasteiger partial charge >= 0.3 is 6.09 Å². The van der Waals surface area contributed by atoms with Crippen molar-refractivity contribution in [3.8, 4) is 5.19 Å². The van der Waals surface area contributed by atoms with Gasteiger partial charge in [0.05, 0.1) is 21.5 Å². The highest BCUT2D eigenvalue weighted by atomic mass is 32.2. The van der Waals surface area contributed by atoms with E-state index in [0.717, 1.165) is 23.1 Å². The van der Waals surface area contributed by atoms with Crippen LogP contribution in [0.5, 0.6) is 5.19 Å². The minimum atomic E-state index is -3.96. The third-order valence-corrected chi connectivity index (χ3v) is 12.8. The fourth-order valence-electron chi connectivity index (χ4n) is 6.44. The second-order valence-electron chi connectivity index (χ2n) is 14.9. The molecule has 1 aromatic carbocycles. The second-order valence-corrected chi connectivity index (χ2v) is 18.0. The summed E-state index contributed by atoms with van der Waals surface area (Å²) in [5, 5.41) is 6.01. The lowest BCUT2D eigenvalue weighted by atomic mass is 10.0. The van der Waals surface area contributed by atoms with Crippen LogP contribution in [0.3, 0.4) is 0 Å². The van der Waals surface area contributed by atoms with Crippen LogP contribution in [0.2, 0.25) is 0 Å². The zero-order valence-corrected chi connectivity index (χ0v) is 30.0. The number of carbonyl (C=O) groups is 4. The highest BCUT2D eigenvalue weighted by Gasteiger charge is 2.63. The molecule has 49 heavy (non-hydrogen) atoms. The minimum absolute atomic E-state index is 0.0363. The van der Waals surface area contributed by atoms with Gasteiger partial charge in [0.25, 0.3) is 11.1 Å². The molecular weight excluding hydrogens is 671 g/mol. The number of hydrogen-bond acceptors (Lipinski definition) is 10. The van der Waals surface area contributed by atoms with Crippen molar-refractivity contribution in [3.05, 3.63) is 36.4 Å². The van der Waals surface area contributed by atoms with Gasteiger partial charge in [-0.2, -0.15) is 0 Å². The number of benzene rings is 1. The lowest BCUT2D eigenvalue weighted by Gasteiger charge is -2.30. The number of aromatic nitrogens is 1. The number of alkyl carbamates (subject to hydrolysis) is 1. The van der Waals surface area contributed by atoms with Crippen LogP contribution in [0, 0.1) is 5.92 Å². The molecule has 3 heterocycles. The molecule has 0 radical (unpaired) electrons. The Bertz CT molecular complexity index is 1730. The minimum Gasteiger partial charge on any atom is -0.465 e. The molecule has 2 aromatic rings. The van der Waals surface area contributed by atoms with Gasteiger partial charge in [-0.3, -0.25) is 19.1 Å². The molecule has 4 amide bonds. The quantitative estimate of drug-likeness (QED) is 0.375. The Morgan fingerprint density at radius 1 is 1.12 bits per heavy atom. The highest BCUT2D eigenvalue weighted by Crippen LogP contribution is 2.47. The average Bonchev–Trinajstić information content (AvgIpc) is 3.82. The summed E-state index contributed by atoms with van der Waals surface area (Å²) in [6.45, 7) is 6.83. The monoisotopic (exact) mass is 715 g/mol. The Morgan fingerprint density at radius 3 is 2.59 bits per heavy atom. The summed E-state index contributed by atoms with van der Waals surface area (Å²) in [5.41, 5.74) is -1.51. The van der Waals surface area contributed by atoms with Crippen molar-refractivity contribution in [3.63, 3.8) is 0 Å². The number of rotatable bonds is 6. The molecule has 13 nitrogen and oxygen atoms in total. The van der Waals surface area contributed by atoms with E-state index in [1.807, 2.05) is 36.4 Å². The van der Waals surface area contributed by atoms with Gasteiger partial charge in [0.15, 0.2) is 0 Å². The third kappa shape index (κ3) is 7.72. The molecular formula is C34H45N5O8S2. The number of nitrogens with zero attached hydrogens (tertiary/aromatic N) is 2. The summed E-state index contributed by atoms with van der Waals surface area (Å²) in [6.07, 6.45) is 6.96. The predicted molar refractivity (Wildman–Crippen MR) is 183 cm³/mol. The smallest absolute Gasteiger partial charge is 0.408 e. The van der Waals surface area contributed by atoms with Gasteiger partial charge in [-0.05, 0) is 78.4 Å². The van der Waals surface area contributed by atoms with Crippen molar-refractivity contribution in [1.29, 1.82) is 0 Å². The van der Waals surface area contributed by atoms with E-state index in [1.165, 1.54) is 16.2 Å². The molecule has 6 rings (SSSR count). The number of hydrogen-bond donors (Lipinski definition) is 3. The first-order valence-corrected chi connectivity index (χ1v) is 19.3. The number of ether oxygens (including phenoxy) is 2. The highest BCUT2D eigenvalue weighted by molar-refractivity contribution is 7.91. The standard InChI is InChI=1S/C34H45N5O8S2/c1-32(2,3)47-30(43)35-24-14-9-7-5-6-8-12-21-19-34(21,29(42)38-49(44,45)33(4)16-17-33)37-27(40)25-18-22(20-39(25)28(24)41)46-31-36-23-13-10-11-15-26(23)48-31/h8,10-13,15,21-22,24-25H,5-7,9,14,16-20H2,1-4H3,(H,35,43)(H,37,40)(H,38,42)/b12-8-/t21-,22+,24-,25-,34+/m0/s1. The van der Waals surface area contributed by atoms with Crippen LogP contribution in [0.15, 0.2) is 36.4 Å². The molecule has 0 bridgehead atoms. The lowest BCUT2D eigenvalue weighted by Crippen LogP contribution is -2.58. The Morgan fingerprint density at radius 2 is 1.88 bits per heavy atom. The Kier molecular flexibility index (Phi) is 9.46. The maximum atomic E-state index is 14.3. The van der Waals surface area contributed by atoms with Crippen molar-refractivity contribution < 1.29 is 37.1 Å². The maximum Gasteiger partial charge on any atom is 0.408 e. The van der Waals surface area contributed by atoms with Gasteiger partial charge in [-0.25, -0.2) is 18.2 Å². The first-order valence-electron chi connectivity index (χ1n) is 17.0. The third-order valence-electron chi connectivity index (χ3n) is 9.71. The van der Waals surface area contributed by atoms with Gasteiger partial charge < -0.3 is 25.0 Å². The van der Waals surface area contributed by atoms with Crippen LogP contribution in [-0.2, 0) is 29.1 Å². The zero-order chi connectivity index (χ0) is 35.2. The van der Waals surface area contributed by atoms with Crippen LogP contribution in [0.4, 0.5) is 4.79 Å². The molecule has 1 saturated heterocycles. The number of thiazole rings is 1. The van der Waals surface area contributed by atoms with Gasteiger partial charge in [0.1, 0.15) is 29.3 Å². The first-order chi connectivity index (χ1) is 23.1.